The van der Waals surface area contributed by atoms with Gasteiger partial charge in [-0.15, -0.1) is 11.3 Å². The lowest BCUT2D eigenvalue weighted by molar-refractivity contribution is 0.0797. The van der Waals surface area contributed by atoms with Crippen molar-refractivity contribution in [2.75, 3.05) is 13.1 Å². The Morgan fingerprint density at radius 2 is 2.00 bits per heavy atom. The maximum absolute atomic E-state index is 13.0. The number of rotatable bonds is 3. The molecule has 1 aliphatic rings. The van der Waals surface area contributed by atoms with E-state index in [-0.39, 0.29) is 11.5 Å². The predicted molar refractivity (Wildman–Crippen MR) is 104 cm³/mol. The Hall–Kier alpha value is -2.18. The number of thiophene rings is 1. The van der Waals surface area contributed by atoms with E-state index in [2.05, 4.69) is 4.98 Å². The van der Waals surface area contributed by atoms with E-state index in [1.807, 2.05) is 30.0 Å². The SMILES string of the molecule is Cc1c(C(=O)N2CCCC2)sc2ncn(Cc3ccccc3Cl)c(=O)c12. The molecule has 1 fully saturated rings. The van der Waals surface area contributed by atoms with E-state index in [0.717, 1.165) is 37.1 Å². The molecule has 0 aliphatic carbocycles. The molecule has 7 heteroatoms. The van der Waals surface area contributed by atoms with Crippen molar-refractivity contribution in [3.05, 3.63) is 62.0 Å². The van der Waals surface area contributed by atoms with Crippen LogP contribution in [0.3, 0.4) is 0 Å². The molecule has 0 atom stereocenters. The smallest absolute Gasteiger partial charge is 0.264 e. The van der Waals surface area contributed by atoms with E-state index < -0.39 is 0 Å². The summed E-state index contributed by atoms with van der Waals surface area (Å²) in [7, 11) is 0. The highest BCUT2D eigenvalue weighted by Gasteiger charge is 2.25. The number of carbonyl (C=O) groups is 1. The van der Waals surface area contributed by atoms with Gasteiger partial charge < -0.3 is 4.90 Å². The number of amides is 1. The average Bonchev–Trinajstić information content (AvgIpc) is 3.27. The van der Waals surface area contributed by atoms with Gasteiger partial charge in [0.2, 0.25) is 0 Å². The fourth-order valence-electron chi connectivity index (χ4n) is 3.35. The van der Waals surface area contributed by atoms with E-state index in [9.17, 15) is 9.59 Å². The van der Waals surface area contributed by atoms with Crippen molar-refractivity contribution >= 4 is 39.1 Å². The van der Waals surface area contributed by atoms with E-state index in [0.29, 0.717) is 26.7 Å². The van der Waals surface area contributed by atoms with Crippen LogP contribution in [0.1, 0.15) is 33.6 Å². The highest BCUT2D eigenvalue weighted by atomic mass is 35.5. The maximum Gasteiger partial charge on any atom is 0.264 e. The van der Waals surface area contributed by atoms with Gasteiger partial charge in [-0.25, -0.2) is 4.98 Å². The Bertz CT molecular complexity index is 1050. The van der Waals surface area contributed by atoms with Crippen LogP contribution < -0.4 is 5.56 Å². The lowest BCUT2D eigenvalue weighted by atomic mass is 10.2. The molecule has 0 bridgehead atoms. The van der Waals surface area contributed by atoms with Gasteiger partial charge in [0.05, 0.1) is 23.1 Å². The zero-order chi connectivity index (χ0) is 18.3. The Labute approximate surface area is 159 Å². The molecule has 4 rings (SSSR count). The molecule has 0 unspecified atom stereocenters. The van der Waals surface area contributed by atoms with Crippen molar-refractivity contribution < 1.29 is 4.79 Å². The van der Waals surface area contributed by atoms with Gasteiger partial charge in [0.25, 0.3) is 11.5 Å². The van der Waals surface area contributed by atoms with Gasteiger partial charge in [0.1, 0.15) is 4.83 Å². The zero-order valence-corrected chi connectivity index (χ0v) is 15.9. The second-order valence-electron chi connectivity index (χ2n) is 6.50. The van der Waals surface area contributed by atoms with Crippen LogP contribution >= 0.6 is 22.9 Å². The fraction of sp³-hybridized carbons (Fsp3) is 0.316. The molecule has 0 N–H and O–H groups in total. The third kappa shape index (κ3) is 2.93. The standard InChI is InChI=1S/C19H18ClN3O2S/c1-12-15-17(26-16(12)19(25)22-8-4-5-9-22)21-11-23(18(15)24)10-13-6-2-3-7-14(13)20/h2-3,6-7,11H,4-5,8-10H2,1H3. The second-order valence-corrected chi connectivity index (χ2v) is 7.91. The molecular formula is C19H18ClN3O2S. The molecule has 26 heavy (non-hydrogen) atoms. The zero-order valence-electron chi connectivity index (χ0n) is 14.4. The Kier molecular flexibility index (Phi) is 4.54. The third-order valence-corrected chi connectivity index (χ3v) is 6.36. The summed E-state index contributed by atoms with van der Waals surface area (Å²) in [6.45, 7) is 3.77. The second kappa shape index (κ2) is 6.85. The van der Waals surface area contributed by atoms with E-state index in [4.69, 9.17) is 11.6 Å². The molecule has 3 heterocycles. The summed E-state index contributed by atoms with van der Waals surface area (Å²) in [6.07, 6.45) is 3.62. The first-order valence-corrected chi connectivity index (χ1v) is 9.77. The first-order valence-electron chi connectivity index (χ1n) is 8.57. The first kappa shape index (κ1) is 17.2. The van der Waals surface area contributed by atoms with Crippen molar-refractivity contribution in [3.8, 4) is 0 Å². The van der Waals surface area contributed by atoms with Crippen LogP contribution in [-0.2, 0) is 6.54 Å². The Morgan fingerprint density at radius 1 is 1.27 bits per heavy atom. The number of hydrogen-bond acceptors (Lipinski definition) is 4. The van der Waals surface area contributed by atoms with Crippen LogP contribution in [0.5, 0.6) is 0 Å². The summed E-state index contributed by atoms with van der Waals surface area (Å²) in [4.78, 5) is 33.3. The number of fused-ring (bicyclic) bond motifs is 1. The number of nitrogens with zero attached hydrogens (tertiary/aromatic N) is 3. The molecule has 1 saturated heterocycles. The van der Waals surface area contributed by atoms with Crippen molar-refractivity contribution in [2.45, 2.75) is 26.3 Å². The van der Waals surface area contributed by atoms with E-state index in [1.54, 1.807) is 10.6 Å². The average molecular weight is 388 g/mol. The van der Waals surface area contributed by atoms with E-state index in [1.165, 1.54) is 17.7 Å². The quantitative estimate of drug-likeness (QED) is 0.688. The van der Waals surface area contributed by atoms with Crippen LogP contribution in [0.2, 0.25) is 5.02 Å². The van der Waals surface area contributed by atoms with Crippen LogP contribution in [0, 0.1) is 6.92 Å². The van der Waals surface area contributed by atoms with Crippen LogP contribution in [0.25, 0.3) is 10.2 Å². The molecular weight excluding hydrogens is 370 g/mol. The lowest BCUT2D eigenvalue weighted by Crippen LogP contribution is -2.27. The summed E-state index contributed by atoms with van der Waals surface area (Å²) in [5, 5.41) is 1.15. The van der Waals surface area contributed by atoms with Crippen molar-refractivity contribution in [1.82, 2.24) is 14.5 Å². The highest BCUT2D eigenvalue weighted by Crippen LogP contribution is 2.29. The summed E-state index contributed by atoms with van der Waals surface area (Å²) in [5.41, 5.74) is 1.45. The van der Waals surface area contributed by atoms with Crippen molar-refractivity contribution in [2.24, 2.45) is 0 Å². The largest absolute Gasteiger partial charge is 0.338 e. The minimum Gasteiger partial charge on any atom is -0.338 e. The van der Waals surface area contributed by atoms with Crippen molar-refractivity contribution in [1.29, 1.82) is 0 Å². The number of benzene rings is 1. The number of halogens is 1. The van der Waals surface area contributed by atoms with Gasteiger partial charge in [-0.05, 0) is 37.0 Å². The third-order valence-electron chi connectivity index (χ3n) is 4.80. The van der Waals surface area contributed by atoms with Gasteiger partial charge in [-0.1, -0.05) is 29.8 Å². The van der Waals surface area contributed by atoms with Gasteiger partial charge in [0, 0.05) is 18.1 Å². The molecule has 1 aromatic carbocycles. The molecule has 3 aromatic rings. The first-order chi connectivity index (χ1) is 12.6. The Balaban J connectivity index is 1.76. The van der Waals surface area contributed by atoms with Crippen LogP contribution in [0.15, 0.2) is 35.4 Å². The number of likely N-dealkylation sites (tertiary alicyclic amines) is 1. The molecule has 0 spiro atoms. The lowest BCUT2D eigenvalue weighted by Gasteiger charge is -2.14. The van der Waals surface area contributed by atoms with Gasteiger partial charge in [-0.3, -0.25) is 14.2 Å². The molecule has 1 amide bonds. The van der Waals surface area contributed by atoms with Gasteiger partial charge >= 0.3 is 0 Å². The normalized spacial score (nSPS) is 14.3. The van der Waals surface area contributed by atoms with Crippen LogP contribution in [-0.4, -0.2) is 33.4 Å². The molecule has 5 nitrogen and oxygen atoms in total. The van der Waals surface area contributed by atoms with E-state index >= 15 is 0 Å². The fourth-order valence-corrected chi connectivity index (χ4v) is 4.65. The monoisotopic (exact) mass is 387 g/mol. The molecule has 0 saturated carbocycles. The summed E-state index contributed by atoms with van der Waals surface area (Å²) < 4.78 is 1.55. The summed E-state index contributed by atoms with van der Waals surface area (Å²) >= 11 is 7.52. The van der Waals surface area contributed by atoms with Gasteiger partial charge in [-0.2, -0.15) is 0 Å². The number of aryl methyl sites for hydroxylation is 1. The summed E-state index contributed by atoms with van der Waals surface area (Å²) in [6, 6.07) is 7.44. The minimum absolute atomic E-state index is 0.0139. The van der Waals surface area contributed by atoms with Crippen molar-refractivity contribution in [3.63, 3.8) is 0 Å². The molecule has 1 aliphatic heterocycles. The maximum atomic E-state index is 13.0. The summed E-state index contributed by atoms with van der Waals surface area (Å²) in [5.74, 6) is 0.0139. The number of aromatic nitrogens is 2. The minimum atomic E-state index is -0.135. The van der Waals surface area contributed by atoms with Crippen LogP contribution in [0.4, 0.5) is 0 Å². The topological polar surface area (TPSA) is 55.2 Å². The van der Waals surface area contributed by atoms with Gasteiger partial charge in [0.15, 0.2) is 0 Å². The predicted octanol–water partition coefficient (Wildman–Crippen LogP) is 3.70. The number of hydrogen-bond donors (Lipinski definition) is 0. The molecule has 134 valence electrons. The molecule has 2 aromatic heterocycles. The Morgan fingerprint density at radius 3 is 2.73 bits per heavy atom. The molecule has 0 radical (unpaired) electrons. The highest BCUT2D eigenvalue weighted by molar-refractivity contribution is 7.20. The number of carbonyl (C=O) groups excluding carboxylic acids is 1.